The molecule has 3 aromatic rings. The minimum absolute atomic E-state index is 0.00999. The smallest absolute Gasteiger partial charge is 0.266 e. The SMILES string of the molecule is Cc1ccc(NC(=O)/C(C#N)=C/c2ccccc2Cc2ccccc2F)cc1C. The van der Waals surface area contributed by atoms with Crippen LogP contribution in [0.15, 0.2) is 72.3 Å². The summed E-state index contributed by atoms with van der Waals surface area (Å²) in [6, 6.07) is 21.5. The van der Waals surface area contributed by atoms with Gasteiger partial charge in [0, 0.05) is 12.1 Å². The molecule has 0 heterocycles. The van der Waals surface area contributed by atoms with Gasteiger partial charge >= 0.3 is 0 Å². The number of rotatable bonds is 5. The second-order valence-corrected chi connectivity index (χ2v) is 6.89. The van der Waals surface area contributed by atoms with E-state index in [1.807, 2.05) is 56.3 Å². The number of hydrogen-bond acceptors (Lipinski definition) is 2. The Hall–Kier alpha value is -3.71. The Morgan fingerprint density at radius 3 is 2.38 bits per heavy atom. The number of carbonyl (C=O) groups excluding carboxylic acids is 1. The van der Waals surface area contributed by atoms with Crippen molar-refractivity contribution in [2.24, 2.45) is 0 Å². The third-order valence-electron chi connectivity index (χ3n) is 4.82. The molecule has 0 atom stereocenters. The molecule has 3 nitrogen and oxygen atoms in total. The summed E-state index contributed by atoms with van der Waals surface area (Å²) in [5, 5.41) is 12.3. The van der Waals surface area contributed by atoms with Gasteiger partial charge in [-0.05, 0) is 65.9 Å². The summed E-state index contributed by atoms with van der Waals surface area (Å²) in [6.45, 7) is 3.96. The van der Waals surface area contributed by atoms with Crippen molar-refractivity contribution < 1.29 is 9.18 Å². The lowest BCUT2D eigenvalue weighted by Crippen LogP contribution is -2.13. The second-order valence-electron chi connectivity index (χ2n) is 6.89. The number of carbonyl (C=O) groups is 1. The normalized spacial score (nSPS) is 11.0. The predicted octanol–water partition coefficient (Wildman–Crippen LogP) is 5.58. The average molecular weight is 384 g/mol. The van der Waals surface area contributed by atoms with Crippen LogP contribution in [0.2, 0.25) is 0 Å². The highest BCUT2D eigenvalue weighted by Crippen LogP contribution is 2.20. The molecule has 4 heteroatoms. The molecule has 29 heavy (non-hydrogen) atoms. The van der Waals surface area contributed by atoms with Gasteiger partial charge in [0.1, 0.15) is 17.5 Å². The molecule has 0 saturated carbocycles. The van der Waals surface area contributed by atoms with Gasteiger partial charge in [-0.2, -0.15) is 5.26 Å². The highest BCUT2D eigenvalue weighted by atomic mass is 19.1. The zero-order valence-electron chi connectivity index (χ0n) is 16.4. The Bertz CT molecular complexity index is 1130. The van der Waals surface area contributed by atoms with Crippen LogP contribution in [0.25, 0.3) is 6.08 Å². The Balaban J connectivity index is 1.87. The van der Waals surface area contributed by atoms with E-state index in [1.165, 1.54) is 6.07 Å². The van der Waals surface area contributed by atoms with Gasteiger partial charge in [-0.3, -0.25) is 4.79 Å². The number of nitriles is 1. The number of halogens is 1. The second kappa shape index (κ2) is 8.99. The van der Waals surface area contributed by atoms with Crippen LogP contribution in [0, 0.1) is 31.0 Å². The largest absolute Gasteiger partial charge is 0.321 e. The van der Waals surface area contributed by atoms with Crippen molar-refractivity contribution in [2.75, 3.05) is 5.32 Å². The summed E-state index contributed by atoms with van der Waals surface area (Å²) in [4.78, 5) is 12.6. The first-order valence-electron chi connectivity index (χ1n) is 9.29. The van der Waals surface area contributed by atoms with Gasteiger partial charge in [-0.1, -0.05) is 48.5 Å². The van der Waals surface area contributed by atoms with Crippen LogP contribution < -0.4 is 5.32 Å². The number of aryl methyl sites for hydroxylation is 2. The fourth-order valence-electron chi connectivity index (χ4n) is 3.00. The van der Waals surface area contributed by atoms with Gasteiger partial charge < -0.3 is 5.32 Å². The van der Waals surface area contributed by atoms with Crippen molar-refractivity contribution in [1.29, 1.82) is 5.26 Å². The molecule has 1 N–H and O–H groups in total. The summed E-state index contributed by atoms with van der Waals surface area (Å²) in [5.74, 6) is -0.754. The van der Waals surface area contributed by atoms with Crippen LogP contribution in [0.5, 0.6) is 0 Å². The maximum Gasteiger partial charge on any atom is 0.266 e. The molecule has 1 amide bonds. The van der Waals surface area contributed by atoms with E-state index in [9.17, 15) is 14.4 Å². The molecule has 3 aromatic carbocycles. The number of nitrogens with one attached hydrogen (secondary N) is 1. The highest BCUT2D eigenvalue weighted by molar-refractivity contribution is 6.09. The quantitative estimate of drug-likeness (QED) is 0.461. The van der Waals surface area contributed by atoms with Crippen LogP contribution in [0.1, 0.15) is 27.8 Å². The molecule has 144 valence electrons. The highest BCUT2D eigenvalue weighted by Gasteiger charge is 2.12. The molecule has 0 spiro atoms. The first-order chi connectivity index (χ1) is 14.0. The molecule has 0 unspecified atom stereocenters. The fourth-order valence-corrected chi connectivity index (χ4v) is 3.00. The molecular weight excluding hydrogens is 363 g/mol. The first kappa shape index (κ1) is 20.0. The van der Waals surface area contributed by atoms with E-state index in [2.05, 4.69) is 5.32 Å². The molecule has 0 saturated heterocycles. The van der Waals surface area contributed by atoms with E-state index in [1.54, 1.807) is 30.3 Å². The van der Waals surface area contributed by atoms with Crippen LogP contribution in [-0.2, 0) is 11.2 Å². The fraction of sp³-hybridized carbons (Fsp3) is 0.120. The van der Waals surface area contributed by atoms with Crippen LogP contribution >= 0.6 is 0 Å². The van der Waals surface area contributed by atoms with Crippen LogP contribution in [-0.4, -0.2) is 5.91 Å². The summed E-state index contributed by atoms with van der Waals surface area (Å²) in [7, 11) is 0. The molecule has 0 bridgehead atoms. The number of hydrogen-bond donors (Lipinski definition) is 1. The summed E-state index contributed by atoms with van der Waals surface area (Å²) >= 11 is 0. The maximum absolute atomic E-state index is 14.0. The van der Waals surface area contributed by atoms with E-state index >= 15 is 0 Å². The minimum atomic E-state index is -0.476. The van der Waals surface area contributed by atoms with Gasteiger partial charge in [0.15, 0.2) is 0 Å². The summed E-state index contributed by atoms with van der Waals surface area (Å²) < 4.78 is 14.0. The zero-order chi connectivity index (χ0) is 20.8. The van der Waals surface area contributed by atoms with Gasteiger partial charge in [0.05, 0.1) is 0 Å². The predicted molar refractivity (Wildman–Crippen MR) is 114 cm³/mol. The van der Waals surface area contributed by atoms with Crippen LogP contribution in [0.4, 0.5) is 10.1 Å². The third-order valence-corrected chi connectivity index (χ3v) is 4.82. The van der Waals surface area contributed by atoms with Crippen molar-refractivity contribution in [1.82, 2.24) is 0 Å². The van der Waals surface area contributed by atoms with Gasteiger partial charge in [0.25, 0.3) is 5.91 Å². The average Bonchev–Trinajstić information content (AvgIpc) is 2.71. The van der Waals surface area contributed by atoms with E-state index in [4.69, 9.17) is 0 Å². The Labute approximate surface area is 170 Å². The van der Waals surface area contributed by atoms with Gasteiger partial charge in [0.2, 0.25) is 0 Å². The molecule has 0 aliphatic rings. The lowest BCUT2D eigenvalue weighted by atomic mass is 9.98. The zero-order valence-corrected chi connectivity index (χ0v) is 16.4. The van der Waals surface area contributed by atoms with E-state index in [0.29, 0.717) is 23.2 Å². The van der Waals surface area contributed by atoms with Crippen molar-refractivity contribution in [3.05, 3.63) is 106 Å². The molecule has 0 aliphatic heterocycles. The van der Waals surface area contributed by atoms with E-state index in [-0.39, 0.29) is 11.4 Å². The minimum Gasteiger partial charge on any atom is -0.321 e. The van der Waals surface area contributed by atoms with Crippen molar-refractivity contribution in [3.8, 4) is 6.07 Å². The van der Waals surface area contributed by atoms with Gasteiger partial charge in [-0.15, -0.1) is 0 Å². The van der Waals surface area contributed by atoms with Crippen molar-refractivity contribution in [2.45, 2.75) is 20.3 Å². The Morgan fingerprint density at radius 1 is 1.00 bits per heavy atom. The topological polar surface area (TPSA) is 52.9 Å². The molecule has 0 fully saturated rings. The third kappa shape index (κ3) is 4.97. The molecule has 0 radical (unpaired) electrons. The number of amides is 1. The molecule has 0 aliphatic carbocycles. The van der Waals surface area contributed by atoms with E-state index < -0.39 is 5.91 Å². The number of nitrogens with zero attached hydrogens (tertiary/aromatic N) is 1. The monoisotopic (exact) mass is 384 g/mol. The van der Waals surface area contributed by atoms with Crippen LogP contribution in [0.3, 0.4) is 0 Å². The summed E-state index contributed by atoms with van der Waals surface area (Å²) in [5.41, 5.74) is 4.92. The van der Waals surface area contributed by atoms with E-state index in [0.717, 1.165) is 16.7 Å². The molecule has 0 aromatic heterocycles. The lowest BCUT2D eigenvalue weighted by molar-refractivity contribution is -0.112. The summed E-state index contributed by atoms with van der Waals surface area (Å²) in [6.07, 6.45) is 1.92. The van der Waals surface area contributed by atoms with Crippen molar-refractivity contribution >= 4 is 17.7 Å². The Morgan fingerprint density at radius 2 is 1.69 bits per heavy atom. The standard InChI is InChI=1S/C25H21FN2O/c1-17-11-12-23(13-18(17)2)28-25(29)22(16-27)15-20-8-4-3-7-19(20)14-21-9-5-6-10-24(21)26/h3-13,15H,14H2,1-2H3,(H,28,29)/b22-15+. The first-order valence-corrected chi connectivity index (χ1v) is 9.29. The number of anilines is 1. The molecule has 3 rings (SSSR count). The number of benzene rings is 3. The lowest BCUT2D eigenvalue weighted by Gasteiger charge is -2.09. The molecular formula is C25H21FN2O. The maximum atomic E-state index is 14.0. The van der Waals surface area contributed by atoms with Gasteiger partial charge in [-0.25, -0.2) is 4.39 Å². The Kier molecular flexibility index (Phi) is 6.21. The van der Waals surface area contributed by atoms with Crippen molar-refractivity contribution in [3.63, 3.8) is 0 Å².